The molecular formula is C31H46N2O8S. The van der Waals surface area contributed by atoms with Crippen molar-refractivity contribution in [1.82, 2.24) is 10.6 Å². The number of hydrogen-bond donors (Lipinski definition) is 2. The summed E-state index contributed by atoms with van der Waals surface area (Å²) >= 11 is 0. The highest BCUT2D eigenvalue weighted by molar-refractivity contribution is 7.85. The number of unbranched alkanes of at least 4 members (excludes halogenated alkanes) is 1. The number of fused-ring (bicyclic) bond motifs is 2. The number of methoxy groups -OCH3 is 1. The van der Waals surface area contributed by atoms with Gasteiger partial charge in [-0.2, -0.15) is 8.42 Å². The van der Waals surface area contributed by atoms with Crippen molar-refractivity contribution in [2.45, 2.75) is 95.3 Å². The third-order valence-electron chi connectivity index (χ3n) is 8.99. The van der Waals surface area contributed by atoms with Crippen LogP contribution in [0.5, 0.6) is 0 Å². The van der Waals surface area contributed by atoms with E-state index in [0.717, 1.165) is 49.8 Å². The van der Waals surface area contributed by atoms with Crippen LogP contribution in [0.3, 0.4) is 0 Å². The molecule has 0 aromatic heterocycles. The molecule has 1 aromatic carbocycles. The van der Waals surface area contributed by atoms with Gasteiger partial charge in [-0.05, 0) is 61.6 Å². The van der Waals surface area contributed by atoms with Gasteiger partial charge in [0.05, 0.1) is 43.7 Å². The van der Waals surface area contributed by atoms with Crippen LogP contribution in [0.1, 0.15) is 86.6 Å². The summed E-state index contributed by atoms with van der Waals surface area (Å²) in [4.78, 5) is 38.6. The van der Waals surface area contributed by atoms with Gasteiger partial charge < -0.3 is 20.1 Å². The SMILES string of the molecule is COC(=O)c1cccc(CC[C@@H]2[C@H](C(=O)N[C@@H](COS(C)(=O)=O)C(=O)NCCCCC3CCCCC3)[C@H]3CC[C@@H]2O3)c1. The van der Waals surface area contributed by atoms with E-state index in [9.17, 15) is 22.8 Å². The Morgan fingerprint density at radius 1 is 1.02 bits per heavy atom. The third kappa shape index (κ3) is 9.25. The molecule has 2 saturated heterocycles. The van der Waals surface area contributed by atoms with Gasteiger partial charge in [-0.15, -0.1) is 0 Å². The van der Waals surface area contributed by atoms with E-state index in [1.807, 2.05) is 12.1 Å². The summed E-state index contributed by atoms with van der Waals surface area (Å²) in [6.07, 6.45) is 13.1. The molecular weight excluding hydrogens is 560 g/mol. The largest absolute Gasteiger partial charge is 0.465 e. The van der Waals surface area contributed by atoms with Crippen LogP contribution in [0.15, 0.2) is 24.3 Å². The number of amides is 2. The van der Waals surface area contributed by atoms with Gasteiger partial charge in [0.25, 0.3) is 10.1 Å². The van der Waals surface area contributed by atoms with Crippen LogP contribution < -0.4 is 10.6 Å². The monoisotopic (exact) mass is 606 g/mol. The lowest BCUT2D eigenvalue weighted by Gasteiger charge is -2.29. The smallest absolute Gasteiger partial charge is 0.337 e. The second kappa shape index (κ2) is 15.3. The van der Waals surface area contributed by atoms with Crippen LogP contribution in [0, 0.1) is 17.8 Å². The first kappa shape index (κ1) is 32.4. The maximum atomic E-state index is 13.6. The molecule has 1 aliphatic carbocycles. The molecule has 1 saturated carbocycles. The average Bonchev–Trinajstić information content (AvgIpc) is 3.59. The Kier molecular flexibility index (Phi) is 11.8. The number of nitrogens with one attached hydrogen (secondary N) is 2. The highest BCUT2D eigenvalue weighted by Crippen LogP contribution is 2.45. The maximum absolute atomic E-state index is 13.6. The Morgan fingerprint density at radius 2 is 1.79 bits per heavy atom. The molecule has 3 aliphatic rings. The lowest BCUT2D eigenvalue weighted by molar-refractivity contribution is -0.133. The topological polar surface area (TPSA) is 137 Å². The first-order valence-electron chi connectivity index (χ1n) is 15.4. The molecule has 2 N–H and O–H groups in total. The van der Waals surface area contributed by atoms with Gasteiger partial charge in [0, 0.05) is 6.54 Å². The lowest BCUT2D eigenvalue weighted by Crippen LogP contribution is -2.53. The van der Waals surface area contributed by atoms with Crippen molar-refractivity contribution < 1.29 is 36.5 Å². The fourth-order valence-electron chi connectivity index (χ4n) is 6.82. The van der Waals surface area contributed by atoms with Crippen molar-refractivity contribution >= 4 is 27.9 Å². The zero-order chi connectivity index (χ0) is 30.1. The van der Waals surface area contributed by atoms with Gasteiger partial charge in [-0.1, -0.05) is 57.1 Å². The molecule has 1 aromatic rings. The summed E-state index contributed by atoms with van der Waals surface area (Å²) in [5.41, 5.74) is 1.43. The quantitative estimate of drug-likeness (QED) is 0.176. The number of rotatable bonds is 15. The predicted molar refractivity (Wildman–Crippen MR) is 157 cm³/mol. The minimum atomic E-state index is -3.81. The Bertz CT molecular complexity index is 1180. The molecule has 5 atom stereocenters. The van der Waals surface area contributed by atoms with E-state index in [1.54, 1.807) is 12.1 Å². The first-order chi connectivity index (χ1) is 20.1. The van der Waals surface area contributed by atoms with Gasteiger partial charge in [0.15, 0.2) is 0 Å². The lowest BCUT2D eigenvalue weighted by atomic mass is 9.76. The van der Waals surface area contributed by atoms with E-state index in [4.69, 9.17) is 13.7 Å². The summed E-state index contributed by atoms with van der Waals surface area (Å²) in [6, 6.07) is 6.11. The predicted octanol–water partition coefficient (Wildman–Crippen LogP) is 3.53. The minimum absolute atomic E-state index is 0.0572. The van der Waals surface area contributed by atoms with Gasteiger partial charge in [0.1, 0.15) is 6.04 Å². The van der Waals surface area contributed by atoms with Crippen molar-refractivity contribution in [3.05, 3.63) is 35.4 Å². The number of carbonyl (C=O) groups excluding carboxylic acids is 3. The number of aryl methyl sites for hydroxylation is 1. The highest BCUT2D eigenvalue weighted by atomic mass is 32.2. The van der Waals surface area contributed by atoms with Crippen LogP contribution in [0.2, 0.25) is 0 Å². The van der Waals surface area contributed by atoms with E-state index in [1.165, 1.54) is 39.2 Å². The molecule has 11 heteroatoms. The van der Waals surface area contributed by atoms with E-state index in [-0.39, 0.29) is 24.0 Å². The fraction of sp³-hybridized carbons (Fsp3) is 0.710. The molecule has 4 rings (SSSR count). The Morgan fingerprint density at radius 3 is 2.52 bits per heavy atom. The van der Waals surface area contributed by atoms with E-state index >= 15 is 0 Å². The highest BCUT2D eigenvalue weighted by Gasteiger charge is 2.52. The van der Waals surface area contributed by atoms with Crippen molar-refractivity contribution in [3.63, 3.8) is 0 Å². The van der Waals surface area contributed by atoms with E-state index in [0.29, 0.717) is 24.9 Å². The molecule has 234 valence electrons. The zero-order valence-corrected chi connectivity index (χ0v) is 25.7. The van der Waals surface area contributed by atoms with Gasteiger partial charge in [-0.3, -0.25) is 13.8 Å². The molecule has 2 aliphatic heterocycles. The molecule has 2 bridgehead atoms. The van der Waals surface area contributed by atoms with E-state index in [2.05, 4.69) is 10.6 Å². The average molecular weight is 607 g/mol. The number of ether oxygens (including phenoxy) is 2. The molecule has 3 fully saturated rings. The second-order valence-electron chi connectivity index (χ2n) is 12.1. The molecule has 42 heavy (non-hydrogen) atoms. The van der Waals surface area contributed by atoms with Crippen molar-refractivity contribution in [2.75, 3.05) is 26.5 Å². The third-order valence-corrected chi connectivity index (χ3v) is 9.55. The molecule has 10 nitrogen and oxygen atoms in total. The summed E-state index contributed by atoms with van der Waals surface area (Å²) in [6.45, 7) is -0.00750. The van der Waals surface area contributed by atoms with Crippen LogP contribution in [-0.4, -0.2) is 71.0 Å². The molecule has 0 radical (unpaired) electrons. The summed E-state index contributed by atoms with van der Waals surface area (Å²) < 4.78 is 39.3. The van der Waals surface area contributed by atoms with Gasteiger partial charge in [0.2, 0.25) is 11.8 Å². The Hall–Kier alpha value is -2.50. The van der Waals surface area contributed by atoms with Crippen LogP contribution in [-0.2, 0) is 39.8 Å². The fourth-order valence-corrected chi connectivity index (χ4v) is 7.20. The molecule has 2 heterocycles. The summed E-state index contributed by atoms with van der Waals surface area (Å²) in [5, 5.41) is 5.65. The van der Waals surface area contributed by atoms with Gasteiger partial charge >= 0.3 is 5.97 Å². The van der Waals surface area contributed by atoms with Crippen LogP contribution in [0.25, 0.3) is 0 Å². The van der Waals surface area contributed by atoms with Gasteiger partial charge in [-0.25, -0.2) is 4.79 Å². The standard InChI is InChI=1S/C31H46N2O8S/c1-39-31(36)23-13-8-12-22(19-23)14-15-24-26-16-17-27(41-26)28(24)30(35)33-25(20-40-42(2,37)38)29(34)32-18-7-6-11-21-9-4-3-5-10-21/h8,12-13,19,21,24-28H,3-7,9-11,14-18,20H2,1-2H3,(H,32,34)(H,33,35)/t24-,25-,26-,27+,28-/m0/s1. The first-order valence-corrected chi connectivity index (χ1v) is 17.2. The molecule has 0 unspecified atom stereocenters. The number of hydrogen-bond acceptors (Lipinski definition) is 8. The molecule has 2 amide bonds. The normalized spacial score (nSPS) is 24.7. The molecule has 0 spiro atoms. The van der Waals surface area contributed by atoms with Crippen molar-refractivity contribution in [2.24, 2.45) is 17.8 Å². The number of carbonyl (C=O) groups is 3. The minimum Gasteiger partial charge on any atom is -0.465 e. The number of benzene rings is 1. The number of esters is 1. The Balaban J connectivity index is 1.33. The van der Waals surface area contributed by atoms with E-state index < -0.39 is 40.6 Å². The van der Waals surface area contributed by atoms with Crippen LogP contribution in [0.4, 0.5) is 0 Å². The Labute approximate surface area is 249 Å². The maximum Gasteiger partial charge on any atom is 0.337 e. The second-order valence-corrected chi connectivity index (χ2v) is 13.7. The van der Waals surface area contributed by atoms with Crippen molar-refractivity contribution in [3.8, 4) is 0 Å². The van der Waals surface area contributed by atoms with Crippen molar-refractivity contribution in [1.29, 1.82) is 0 Å². The zero-order valence-electron chi connectivity index (χ0n) is 24.8. The van der Waals surface area contributed by atoms with Crippen LogP contribution >= 0.6 is 0 Å². The summed E-state index contributed by atoms with van der Waals surface area (Å²) in [5.74, 6) is -0.933. The summed E-state index contributed by atoms with van der Waals surface area (Å²) in [7, 11) is -2.46.